The van der Waals surface area contributed by atoms with Gasteiger partial charge in [0, 0.05) is 16.9 Å². The van der Waals surface area contributed by atoms with Crippen LogP contribution in [0.3, 0.4) is 0 Å². The second kappa shape index (κ2) is 5.01. The molecule has 2 rings (SSSR count). The average Bonchev–Trinajstić information content (AvgIpc) is 2.28. The summed E-state index contributed by atoms with van der Waals surface area (Å²) in [5.74, 6) is -0.126. The summed E-state index contributed by atoms with van der Waals surface area (Å²) in [5, 5.41) is 2.86. The predicted octanol–water partition coefficient (Wildman–Crippen LogP) is 2.27. The molecule has 18 heavy (non-hydrogen) atoms. The molecule has 92 valence electrons. The van der Waals surface area contributed by atoms with E-state index in [-0.39, 0.29) is 17.0 Å². The minimum atomic E-state index is -0.309. The monoisotopic (exact) mass is 262 g/mol. The van der Waals surface area contributed by atoms with Crippen LogP contribution in [0.25, 0.3) is 0 Å². The number of hydrogen-bond donors (Lipinski definition) is 2. The Morgan fingerprint density at radius 3 is 2.56 bits per heavy atom. The fraction of sp³-hybridized carbons (Fsp3) is 0.0833. The van der Waals surface area contributed by atoms with Crippen molar-refractivity contribution in [2.24, 2.45) is 0 Å². The highest BCUT2D eigenvalue weighted by Crippen LogP contribution is 2.11. The van der Waals surface area contributed by atoms with Gasteiger partial charge in [-0.3, -0.25) is 10.1 Å². The molecule has 6 heteroatoms. The van der Waals surface area contributed by atoms with E-state index in [9.17, 15) is 4.79 Å². The van der Waals surface area contributed by atoms with Crippen LogP contribution < -0.4 is 11.1 Å². The lowest BCUT2D eigenvalue weighted by atomic mass is 10.2. The van der Waals surface area contributed by atoms with E-state index >= 15 is 0 Å². The number of rotatable bonds is 2. The quantitative estimate of drug-likeness (QED) is 0.643. The summed E-state index contributed by atoms with van der Waals surface area (Å²) >= 11 is 5.78. The number of aromatic nitrogens is 2. The molecular weight excluding hydrogens is 252 g/mol. The molecule has 0 saturated heterocycles. The minimum Gasteiger partial charge on any atom is -0.399 e. The van der Waals surface area contributed by atoms with Gasteiger partial charge in [-0.25, -0.2) is 9.97 Å². The number of aryl methyl sites for hydroxylation is 1. The topological polar surface area (TPSA) is 80.9 Å². The zero-order valence-electron chi connectivity index (χ0n) is 9.64. The van der Waals surface area contributed by atoms with E-state index in [1.165, 1.54) is 0 Å². The highest BCUT2D eigenvalue weighted by atomic mass is 35.5. The van der Waals surface area contributed by atoms with E-state index in [0.29, 0.717) is 16.9 Å². The number of carbonyl (C=O) groups is 1. The molecule has 5 nitrogen and oxygen atoms in total. The van der Waals surface area contributed by atoms with Crippen LogP contribution in [0.4, 0.5) is 11.6 Å². The second-order valence-corrected chi connectivity index (χ2v) is 4.12. The van der Waals surface area contributed by atoms with Gasteiger partial charge in [-0.1, -0.05) is 11.6 Å². The van der Waals surface area contributed by atoms with Crippen molar-refractivity contribution in [3.8, 4) is 0 Å². The van der Waals surface area contributed by atoms with E-state index in [1.807, 2.05) is 0 Å². The number of nitrogens with zero attached hydrogens (tertiary/aromatic N) is 2. The second-order valence-electron chi connectivity index (χ2n) is 3.73. The van der Waals surface area contributed by atoms with Crippen LogP contribution in [-0.2, 0) is 0 Å². The lowest BCUT2D eigenvalue weighted by molar-refractivity contribution is 0.102. The van der Waals surface area contributed by atoms with Crippen LogP contribution in [0.15, 0.2) is 30.3 Å². The smallest absolute Gasteiger partial charge is 0.258 e. The first-order valence-corrected chi connectivity index (χ1v) is 5.60. The van der Waals surface area contributed by atoms with Gasteiger partial charge in [-0.05, 0) is 37.3 Å². The summed E-state index contributed by atoms with van der Waals surface area (Å²) in [6, 6.07) is 8.17. The number of amides is 1. The average molecular weight is 263 g/mol. The van der Waals surface area contributed by atoms with Crippen LogP contribution in [0.5, 0.6) is 0 Å². The van der Waals surface area contributed by atoms with Crippen molar-refractivity contribution in [3.05, 3.63) is 46.7 Å². The lowest BCUT2D eigenvalue weighted by Gasteiger charge is -2.05. The highest BCUT2D eigenvalue weighted by Gasteiger charge is 2.08. The molecule has 0 fully saturated rings. The fourth-order valence-corrected chi connectivity index (χ4v) is 1.63. The van der Waals surface area contributed by atoms with E-state index < -0.39 is 0 Å². The Kier molecular flexibility index (Phi) is 3.43. The molecule has 1 heterocycles. The minimum absolute atomic E-state index is 0.182. The van der Waals surface area contributed by atoms with E-state index in [4.69, 9.17) is 17.3 Å². The fourth-order valence-electron chi connectivity index (χ4n) is 1.39. The van der Waals surface area contributed by atoms with Crippen LogP contribution in [-0.4, -0.2) is 15.9 Å². The highest BCUT2D eigenvalue weighted by molar-refractivity contribution is 6.29. The van der Waals surface area contributed by atoms with Crippen molar-refractivity contribution in [2.45, 2.75) is 6.92 Å². The summed E-state index contributed by atoms with van der Waals surface area (Å²) < 4.78 is 0. The van der Waals surface area contributed by atoms with E-state index in [0.717, 1.165) is 0 Å². The Labute approximate surface area is 109 Å². The first-order valence-electron chi connectivity index (χ1n) is 5.22. The van der Waals surface area contributed by atoms with Crippen molar-refractivity contribution in [1.29, 1.82) is 0 Å². The zero-order chi connectivity index (χ0) is 13.1. The summed E-state index contributed by atoms with van der Waals surface area (Å²) in [7, 11) is 0. The molecular formula is C12H11ClN4O. The first kappa shape index (κ1) is 12.3. The van der Waals surface area contributed by atoms with Gasteiger partial charge in [0.15, 0.2) is 0 Å². The van der Waals surface area contributed by atoms with Gasteiger partial charge in [-0.15, -0.1) is 0 Å². The van der Waals surface area contributed by atoms with Crippen molar-refractivity contribution in [2.75, 3.05) is 11.1 Å². The summed E-state index contributed by atoms with van der Waals surface area (Å²) in [6.45, 7) is 1.77. The Morgan fingerprint density at radius 2 is 1.94 bits per heavy atom. The molecule has 2 aromatic rings. The van der Waals surface area contributed by atoms with Crippen molar-refractivity contribution in [3.63, 3.8) is 0 Å². The Bertz CT molecular complexity index is 563. The first-order chi connectivity index (χ1) is 8.54. The molecule has 0 aliphatic heterocycles. The molecule has 0 bridgehead atoms. The summed E-state index contributed by atoms with van der Waals surface area (Å²) in [4.78, 5) is 19.9. The predicted molar refractivity (Wildman–Crippen MR) is 70.6 cm³/mol. The molecule has 0 unspecified atom stereocenters. The summed E-state index contributed by atoms with van der Waals surface area (Å²) in [5.41, 5.74) is 7.30. The molecule has 1 aromatic heterocycles. The normalized spacial score (nSPS) is 10.1. The standard InChI is InChI=1S/C12H11ClN4O/c1-7-6-10(13)16-12(15-7)17-11(18)8-2-4-9(14)5-3-8/h2-6H,14H2,1H3,(H,15,16,17,18). The maximum Gasteiger partial charge on any atom is 0.258 e. The lowest BCUT2D eigenvalue weighted by Crippen LogP contribution is -2.14. The van der Waals surface area contributed by atoms with Gasteiger partial charge >= 0.3 is 0 Å². The Morgan fingerprint density at radius 1 is 1.28 bits per heavy atom. The number of halogens is 1. The van der Waals surface area contributed by atoms with Crippen molar-refractivity contribution < 1.29 is 4.79 Å². The maximum atomic E-state index is 11.9. The molecule has 1 amide bonds. The van der Waals surface area contributed by atoms with Crippen LogP contribution in [0, 0.1) is 6.92 Å². The van der Waals surface area contributed by atoms with Gasteiger partial charge in [0.2, 0.25) is 5.95 Å². The molecule has 0 radical (unpaired) electrons. The molecule has 0 atom stereocenters. The van der Waals surface area contributed by atoms with Gasteiger partial charge in [0.05, 0.1) is 0 Å². The Hall–Kier alpha value is -2.14. The molecule has 0 aliphatic rings. The number of nitrogen functional groups attached to an aromatic ring is 1. The van der Waals surface area contributed by atoms with Crippen molar-refractivity contribution in [1.82, 2.24) is 9.97 Å². The van der Waals surface area contributed by atoms with Crippen LogP contribution in [0.1, 0.15) is 16.1 Å². The molecule has 0 spiro atoms. The van der Waals surface area contributed by atoms with Gasteiger partial charge in [0.25, 0.3) is 5.91 Å². The van der Waals surface area contributed by atoms with E-state index in [2.05, 4.69) is 15.3 Å². The van der Waals surface area contributed by atoms with Gasteiger partial charge < -0.3 is 5.73 Å². The molecule has 0 aliphatic carbocycles. The Balaban J connectivity index is 2.18. The number of nitrogens with two attached hydrogens (primary N) is 1. The van der Waals surface area contributed by atoms with Crippen LogP contribution in [0.2, 0.25) is 5.15 Å². The zero-order valence-corrected chi connectivity index (χ0v) is 10.4. The SMILES string of the molecule is Cc1cc(Cl)nc(NC(=O)c2ccc(N)cc2)n1. The number of benzene rings is 1. The van der Waals surface area contributed by atoms with Crippen LogP contribution >= 0.6 is 11.6 Å². The van der Waals surface area contributed by atoms with Gasteiger partial charge in [0.1, 0.15) is 5.15 Å². The van der Waals surface area contributed by atoms with E-state index in [1.54, 1.807) is 37.3 Å². The molecule has 1 aromatic carbocycles. The molecule has 3 N–H and O–H groups in total. The third kappa shape index (κ3) is 2.95. The summed E-state index contributed by atoms with van der Waals surface area (Å²) in [6.07, 6.45) is 0. The third-order valence-corrected chi connectivity index (χ3v) is 2.41. The number of nitrogens with one attached hydrogen (secondary N) is 1. The maximum absolute atomic E-state index is 11.9. The number of carbonyl (C=O) groups excluding carboxylic acids is 1. The number of hydrogen-bond acceptors (Lipinski definition) is 4. The van der Waals surface area contributed by atoms with Crippen molar-refractivity contribution >= 4 is 29.1 Å². The largest absolute Gasteiger partial charge is 0.399 e. The third-order valence-electron chi connectivity index (χ3n) is 2.22. The number of anilines is 2. The van der Waals surface area contributed by atoms with Gasteiger partial charge in [-0.2, -0.15) is 0 Å². The molecule has 0 saturated carbocycles.